The van der Waals surface area contributed by atoms with Gasteiger partial charge in [0.15, 0.2) is 5.78 Å². The third-order valence-corrected chi connectivity index (χ3v) is 4.09. The van der Waals surface area contributed by atoms with E-state index in [4.69, 9.17) is 9.31 Å². The van der Waals surface area contributed by atoms with Crippen LogP contribution in [-0.2, 0) is 9.31 Å². The monoisotopic (exact) mass is 260 g/mol. The minimum atomic E-state index is -0.483. The molecule has 0 amide bonds. The summed E-state index contributed by atoms with van der Waals surface area (Å²) in [6, 6.07) is 5.75. The Morgan fingerprint density at radius 2 is 1.63 bits per heavy atom. The molecule has 0 radical (unpaired) electrons. The molecule has 1 aromatic carbocycles. The van der Waals surface area contributed by atoms with Gasteiger partial charge in [-0.15, -0.1) is 0 Å². The quantitative estimate of drug-likeness (QED) is 0.605. The molecule has 0 aliphatic carbocycles. The number of Topliss-reactive ketones (excluding diaryl/α,β-unsaturated/α-hetero) is 1. The zero-order valence-electron chi connectivity index (χ0n) is 12.5. The van der Waals surface area contributed by atoms with Crippen LogP contribution in [0.5, 0.6) is 0 Å². The third-order valence-electron chi connectivity index (χ3n) is 4.09. The molecule has 3 nitrogen and oxygen atoms in total. The van der Waals surface area contributed by atoms with E-state index in [0.29, 0.717) is 5.56 Å². The van der Waals surface area contributed by atoms with E-state index < -0.39 is 18.3 Å². The summed E-state index contributed by atoms with van der Waals surface area (Å²) >= 11 is 0. The van der Waals surface area contributed by atoms with Gasteiger partial charge >= 0.3 is 7.12 Å². The molecule has 0 atom stereocenters. The van der Waals surface area contributed by atoms with Gasteiger partial charge in [-0.25, -0.2) is 0 Å². The molecule has 1 aliphatic heterocycles. The third kappa shape index (κ3) is 2.47. The van der Waals surface area contributed by atoms with Crippen LogP contribution in [0.1, 0.15) is 50.5 Å². The van der Waals surface area contributed by atoms with Crippen LogP contribution in [0.25, 0.3) is 0 Å². The van der Waals surface area contributed by atoms with Gasteiger partial charge in [0.2, 0.25) is 0 Å². The van der Waals surface area contributed by atoms with E-state index in [0.717, 1.165) is 11.0 Å². The Morgan fingerprint density at radius 3 is 2.11 bits per heavy atom. The molecule has 102 valence electrons. The summed E-state index contributed by atoms with van der Waals surface area (Å²) in [7, 11) is -0.483. The molecule has 1 aromatic rings. The minimum absolute atomic E-state index is 0.0321. The molecular weight excluding hydrogens is 239 g/mol. The average molecular weight is 260 g/mol. The number of ketones is 1. The molecule has 0 unspecified atom stereocenters. The van der Waals surface area contributed by atoms with Gasteiger partial charge in [-0.1, -0.05) is 23.8 Å². The fourth-order valence-corrected chi connectivity index (χ4v) is 2.17. The molecule has 0 spiro atoms. The van der Waals surface area contributed by atoms with Gasteiger partial charge in [-0.05, 0) is 47.0 Å². The summed E-state index contributed by atoms with van der Waals surface area (Å²) in [6.45, 7) is 11.6. The number of hydrogen-bond donors (Lipinski definition) is 0. The second-order valence-corrected chi connectivity index (χ2v) is 6.24. The van der Waals surface area contributed by atoms with Crippen molar-refractivity contribution in [2.75, 3.05) is 0 Å². The first-order chi connectivity index (χ1) is 8.64. The van der Waals surface area contributed by atoms with Gasteiger partial charge in [-0.3, -0.25) is 4.79 Å². The largest absolute Gasteiger partial charge is 0.495 e. The lowest BCUT2D eigenvalue weighted by Crippen LogP contribution is -2.41. The molecule has 19 heavy (non-hydrogen) atoms. The van der Waals surface area contributed by atoms with Crippen LogP contribution in [-0.4, -0.2) is 24.1 Å². The van der Waals surface area contributed by atoms with Crippen LogP contribution in [0.15, 0.2) is 18.2 Å². The highest BCUT2D eigenvalue weighted by Crippen LogP contribution is 2.36. The Morgan fingerprint density at radius 1 is 1.11 bits per heavy atom. The second-order valence-electron chi connectivity index (χ2n) is 6.24. The maximum atomic E-state index is 11.7. The SMILES string of the molecule is CC(=O)c1ccc(C)cc1B1OC(C)(C)C(C)(C)O1. The summed E-state index contributed by atoms with van der Waals surface area (Å²) < 4.78 is 12.0. The molecule has 0 bridgehead atoms. The number of carbonyl (C=O) groups excluding carboxylic acids is 1. The van der Waals surface area contributed by atoms with Crippen molar-refractivity contribution in [3.05, 3.63) is 29.3 Å². The van der Waals surface area contributed by atoms with E-state index >= 15 is 0 Å². The van der Waals surface area contributed by atoms with Crippen LogP contribution in [0.3, 0.4) is 0 Å². The van der Waals surface area contributed by atoms with Crippen molar-refractivity contribution in [1.82, 2.24) is 0 Å². The lowest BCUT2D eigenvalue weighted by molar-refractivity contribution is 0.00578. The van der Waals surface area contributed by atoms with Crippen molar-refractivity contribution in [2.45, 2.75) is 52.7 Å². The van der Waals surface area contributed by atoms with Gasteiger partial charge in [0.05, 0.1) is 11.2 Å². The summed E-state index contributed by atoms with van der Waals surface area (Å²) in [6.07, 6.45) is 0. The summed E-state index contributed by atoms with van der Waals surface area (Å²) in [5.74, 6) is 0.0321. The summed E-state index contributed by atoms with van der Waals surface area (Å²) in [5.41, 5.74) is 1.80. The fraction of sp³-hybridized carbons (Fsp3) is 0.533. The van der Waals surface area contributed by atoms with Crippen LogP contribution >= 0.6 is 0 Å². The molecule has 1 heterocycles. The zero-order chi connectivity index (χ0) is 14.4. The average Bonchev–Trinajstić information content (AvgIpc) is 2.47. The van der Waals surface area contributed by atoms with E-state index in [9.17, 15) is 4.79 Å². The number of carbonyl (C=O) groups is 1. The van der Waals surface area contributed by atoms with Gasteiger partial charge < -0.3 is 9.31 Å². The molecular formula is C15H21BO3. The van der Waals surface area contributed by atoms with E-state index in [1.165, 1.54) is 0 Å². The first-order valence-corrected chi connectivity index (χ1v) is 6.61. The summed E-state index contributed by atoms with van der Waals surface area (Å²) in [4.78, 5) is 11.7. The van der Waals surface area contributed by atoms with Crippen molar-refractivity contribution in [1.29, 1.82) is 0 Å². The molecule has 0 aromatic heterocycles. The fourth-order valence-electron chi connectivity index (χ4n) is 2.17. The maximum Gasteiger partial charge on any atom is 0.495 e. The molecule has 1 fully saturated rings. The predicted octanol–water partition coefficient (Wildman–Crippen LogP) is 2.50. The number of hydrogen-bond acceptors (Lipinski definition) is 3. The minimum Gasteiger partial charge on any atom is -0.399 e. The van der Waals surface area contributed by atoms with Crippen molar-refractivity contribution in [2.24, 2.45) is 0 Å². The highest BCUT2D eigenvalue weighted by Gasteiger charge is 2.52. The van der Waals surface area contributed by atoms with Crippen LogP contribution in [0.4, 0.5) is 0 Å². The highest BCUT2D eigenvalue weighted by molar-refractivity contribution is 6.63. The van der Waals surface area contributed by atoms with E-state index in [1.54, 1.807) is 6.92 Å². The normalized spacial score (nSPS) is 20.6. The Hall–Kier alpha value is -1.13. The molecule has 2 rings (SSSR count). The molecule has 1 saturated heterocycles. The Bertz CT molecular complexity index is 504. The van der Waals surface area contributed by atoms with Crippen molar-refractivity contribution < 1.29 is 14.1 Å². The lowest BCUT2D eigenvalue weighted by Gasteiger charge is -2.32. The van der Waals surface area contributed by atoms with Crippen LogP contribution in [0.2, 0.25) is 0 Å². The van der Waals surface area contributed by atoms with Crippen molar-refractivity contribution in [3.63, 3.8) is 0 Å². The zero-order valence-corrected chi connectivity index (χ0v) is 12.5. The number of aryl methyl sites for hydroxylation is 1. The van der Waals surface area contributed by atoms with Crippen molar-refractivity contribution in [3.8, 4) is 0 Å². The second kappa shape index (κ2) is 4.46. The van der Waals surface area contributed by atoms with Crippen LogP contribution in [0, 0.1) is 6.92 Å². The first-order valence-electron chi connectivity index (χ1n) is 6.61. The lowest BCUT2D eigenvalue weighted by atomic mass is 9.74. The molecule has 0 saturated carbocycles. The van der Waals surface area contributed by atoms with Gasteiger partial charge in [-0.2, -0.15) is 0 Å². The molecule has 4 heteroatoms. The van der Waals surface area contributed by atoms with E-state index in [2.05, 4.69) is 0 Å². The first kappa shape index (κ1) is 14.3. The van der Waals surface area contributed by atoms with Gasteiger partial charge in [0.1, 0.15) is 0 Å². The Kier molecular flexibility index (Phi) is 3.35. The smallest absolute Gasteiger partial charge is 0.399 e. The van der Waals surface area contributed by atoms with Gasteiger partial charge in [0.25, 0.3) is 0 Å². The number of rotatable bonds is 2. The van der Waals surface area contributed by atoms with Gasteiger partial charge in [0, 0.05) is 5.56 Å². The van der Waals surface area contributed by atoms with E-state index in [-0.39, 0.29) is 5.78 Å². The van der Waals surface area contributed by atoms with Crippen molar-refractivity contribution >= 4 is 18.4 Å². The van der Waals surface area contributed by atoms with E-state index in [1.807, 2.05) is 52.8 Å². The predicted molar refractivity (Wildman–Crippen MR) is 76.9 cm³/mol. The topological polar surface area (TPSA) is 35.5 Å². The molecule has 0 N–H and O–H groups in total. The molecule has 1 aliphatic rings. The Balaban J connectivity index is 2.44. The van der Waals surface area contributed by atoms with Crippen LogP contribution < -0.4 is 5.46 Å². The number of benzene rings is 1. The highest BCUT2D eigenvalue weighted by atomic mass is 16.7. The Labute approximate surface area is 115 Å². The summed E-state index contributed by atoms with van der Waals surface area (Å²) in [5, 5.41) is 0. The standard InChI is InChI=1S/C15H21BO3/c1-10-7-8-12(11(2)17)13(9-10)16-18-14(3,4)15(5,6)19-16/h7-9H,1-6H3. The maximum absolute atomic E-state index is 11.7.